The van der Waals surface area contributed by atoms with Gasteiger partial charge in [0.25, 0.3) is 10.1 Å². The van der Waals surface area contributed by atoms with Crippen LogP contribution < -0.4 is 0 Å². The van der Waals surface area contributed by atoms with Gasteiger partial charge in [-0.25, -0.2) is 0 Å². The van der Waals surface area contributed by atoms with Crippen LogP contribution in [0, 0.1) is 5.92 Å². The highest BCUT2D eigenvalue weighted by Crippen LogP contribution is 2.12. The van der Waals surface area contributed by atoms with Gasteiger partial charge >= 0.3 is 5.97 Å². The second-order valence-corrected chi connectivity index (χ2v) is 8.10. The second-order valence-electron chi connectivity index (χ2n) is 6.53. The minimum Gasteiger partial charge on any atom is -0.463 e. The zero-order valence-corrected chi connectivity index (χ0v) is 16.0. The summed E-state index contributed by atoms with van der Waals surface area (Å²) in [7, 11) is -3.99. The number of carbonyl (C=O) groups excluding carboxylic acids is 1. The quantitative estimate of drug-likeness (QED) is 0.255. The largest absolute Gasteiger partial charge is 0.463 e. The van der Waals surface area contributed by atoms with Gasteiger partial charge in [0.05, 0.1) is 19.0 Å². The van der Waals surface area contributed by atoms with Crippen LogP contribution in [0.4, 0.5) is 0 Å². The minimum absolute atomic E-state index is 0.104. The molecule has 0 fully saturated rings. The van der Waals surface area contributed by atoms with Crippen LogP contribution >= 0.6 is 0 Å². The van der Waals surface area contributed by atoms with Crippen molar-refractivity contribution in [1.29, 1.82) is 0 Å². The van der Waals surface area contributed by atoms with E-state index in [0.717, 1.165) is 25.2 Å². The van der Waals surface area contributed by atoms with Crippen LogP contribution in [0.1, 0.15) is 71.6 Å². The molecule has 0 aromatic heterocycles. The van der Waals surface area contributed by atoms with E-state index < -0.39 is 15.9 Å². The molecule has 0 aliphatic carbocycles. The zero-order chi connectivity index (χ0) is 18.3. The first-order valence-electron chi connectivity index (χ1n) is 9.00. The van der Waals surface area contributed by atoms with E-state index in [1.165, 1.54) is 32.1 Å². The molecule has 0 saturated carbocycles. The van der Waals surface area contributed by atoms with Crippen LogP contribution in [0.25, 0.3) is 0 Å². The molecule has 0 bridgehead atoms. The number of rotatable bonds is 16. The van der Waals surface area contributed by atoms with Crippen LogP contribution in [-0.4, -0.2) is 44.5 Å². The predicted octanol–water partition coefficient (Wildman–Crippen LogP) is 3.60. The molecule has 6 nitrogen and oxygen atoms in total. The minimum atomic E-state index is -3.99. The van der Waals surface area contributed by atoms with Gasteiger partial charge in [0.15, 0.2) is 0 Å². The van der Waals surface area contributed by atoms with Gasteiger partial charge in [0, 0.05) is 6.42 Å². The molecule has 0 unspecified atom stereocenters. The molecule has 0 aromatic rings. The molecule has 0 aliphatic heterocycles. The van der Waals surface area contributed by atoms with Gasteiger partial charge in [0.1, 0.15) is 6.61 Å². The second kappa shape index (κ2) is 14.7. The van der Waals surface area contributed by atoms with Gasteiger partial charge in [-0.2, -0.15) is 8.42 Å². The highest BCUT2D eigenvalue weighted by Gasteiger charge is 2.05. The summed E-state index contributed by atoms with van der Waals surface area (Å²) in [6, 6.07) is 0. The Morgan fingerprint density at radius 2 is 1.50 bits per heavy atom. The zero-order valence-electron chi connectivity index (χ0n) is 15.2. The summed E-state index contributed by atoms with van der Waals surface area (Å²) in [5, 5.41) is 0. The topological polar surface area (TPSA) is 89.9 Å². The standard InChI is InChI=1S/C17H34O6S/c1-16(2)10-8-6-4-3-5-7-9-11-17(18)23-13-12-22-14-15-24(19,20)21/h16H,3-15H2,1-2H3,(H,19,20,21). The van der Waals surface area contributed by atoms with E-state index in [4.69, 9.17) is 14.0 Å². The van der Waals surface area contributed by atoms with E-state index in [9.17, 15) is 13.2 Å². The van der Waals surface area contributed by atoms with Crippen LogP contribution in [0.5, 0.6) is 0 Å². The molecule has 0 amide bonds. The van der Waals surface area contributed by atoms with Gasteiger partial charge in [-0.05, 0) is 12.3 Å². The van der Waals surface area contributed by atoms with Crippen molar-refractivity contribution in [2.45, 2.75) is 71.6 Å². The molecule has 0 aliphatic rings. The molecule has 1 N–H and O–H groups in total. The lowest BCUT2D eigenvalue weighted by atomic mass is 10.0. The first-order chi connectivity index (χ1) is 11.3. The Kier molecular flexibility index (Phi) is 14.3. The van der Waals surface area contributed by atoms with Gasteiger partial charge in [0.2, 0.25) is 0 Å². The third-order valence-corrected chi connectivity index (χ3v) is 4.32. The fourth-order valence-corrected chi connectivity index (χ4v) is 2.59. The Morgan fingerprint density at radius 3 is 2.08 bits per heavy atom. The van der Waals surface area contributed by atoms with E-state index in [1.54, 1.807) is 0 Å². The molecule has 0 atom stereocenters. The maximum atomic E-state index is 11.5. The van der Waals surface area contributed by atoms with Crippen molar-refractivity contribution in [3.63, 3.8) is 0 Å². The summed E-state index contributed by atoms with van der Waals surface area (Å²) < 4.78 is 39.3. The van der Waals surface area contributed by atoms with Crippen LogP contribution in [-0.2, 0) is 24.4 Å². The van der Waals surface area contributed by atoms with Crippen molar-refractivity contribution in [2.75, 3.05) is 25.6 Å². The molecule has 0 heterocycles. The SMILES string of the molecule is CC(C)CCCCCCCCCC(=O)OCCOCCS(=O)(=O)O. The van der Waals surface area contributed by atoms with E-state index in [-0.39, 0.29) is 25.8 Å². The first-order valence-corrected chi connectivity index (χ1v) is 10.6. The Bertz CT molecular complexity index is 405. The molecular weight excluding hydrogens is 332 g/mol. The Hall–Kier alpha value is -0.660. The van der Waals surface area contributed by atoms with Gasteiger partial charge < -0.3 is 9.47 Å². The number of carbonyl (C=O) groups is 1. The van der Waals surface area contributed by atoms with E-state index in [1.807, 2.05) is 0 Å². The smallest absolute Gasteiger partial charge is 0.305 e. The lowest BCUT2D eigenvalue weighted by molar-refractivity contribution is -0.145. The Labute approximate surface area is 147 Å². The molecule has 0 rings (SSSR count). The fourth-order valence-electron chi connectivity index (χ4n) is 2.26. The molecule has 144 valence electrons. The summed E-state index contributed by atoms with van der Waals surface area (Å²) in [5.41, 5.74) is 0. The van der Waals surface area contributed by atoms with E-state index >= 15 is 0 Å². The maximum Gasteiger partial charge on any atom is 0.305 e. The maximum absolute atomic E-state index is 11.5. The number of hydrogen-bond acceptors (Lipinski definition) is 5. The summed E-state index contributed by atoms with van der Waals surface area (Å²) >= 11 is 0. The molecule has 0 aromatic carbocycles. The van der Waals surface area contributed by atoms with Crippen molar-refractivity contribution >= 4 is 16.1 Å². The Balaban J connectivity index is 3.27. The molecule has 7 heteroatoms. The number of hydrogen-bond donors (Lipinski definition) is 1. The first kappa shape index (κ1) is 23.3. The van der Waals surface area contributed by atoms with E-state index in [0.29, 0.717) is 6.42 Å². The number of ether oxygens (including phenoxy) is 2. The summed E-state index contributed by atoms with van der Waals surface area (Å²) in [6.45, 7) is 4.65. The van der Waals surface area contributed by atoms with Crippen molar-refractivity contribution in [2.24, 2.45) is 5.92 Å². The molecule has 24 heavy (non-hydrogen) atoms. The molecule has 0 radical (unpaired) electrons. The normalized spacial score (nSPS) is 11.8. The lowest BCUT2D eigenvalue weighted by Gasteiger charge is -2.06. The average Bonchev–Trinajstić information content (AvgIpc) is 2.47. The van der Waals surface area contributed by atoms with Crippen molar-refractivity contribution < 1.29 is 27.2 Å². The lowest BCUT2D eigenvalue weighted by Crippen LogP contribution is -2.15. The Morgan fingerprint density at radius 1 is 0.917 bits per heavy atom. The summed E-state index contributed by atoms with van der Waals surface area (Å²) in [6.07, 6.45) is 9.90. The van der Waals surface area contributed by atoms with Crippen LogP contribution in [0.15, 0.2) is 0 Å². The highest BCUT2D eigenvalue weighted by molar-refractivity contribution is 7.85. The van der Waals surface area contributed by atoms with Gasteiger partial charge in [-0.3, -0.25) is 9.35 Å². The predicted molar refractivity (Wildman–Crippen MR) is 94.6 cm³/mol. The van der Waals surface area contributed by atoms with Crippen molar-refractivity contribution in [3.8, 4) is 0 Å². The van der Waals surface area contributed by atoms with Gasteiger partial charge in [-0.15, -0.1) is 0 Å². The van der Waals surface area contributed by atoms with Crippen LogP contribution in [0.2, 0.25) is 0 Å². The number of esters is 1. The van der Waals surface area contributed by atoms with Crippen LogP contribution in [0.3, 0.4) is 0 Å². The van der Waals surface area contributed by atoms with Crippen molar-refractivity contribution in [3.05, 3.63) is 0 Å². The molecule has 0 spiro atoms. The number of unbranched alkanes of at least 4 members (excludes halogenated alkanes) is 6. The van der Waals surface area contributed by atoms with Crippen molar-refractivity contribution in [1.82, 2.24) is 0 Å². The molecule has 0 saturated heterocycles. The third-order valence-electron chi connectivity index (χ3n) is 3.64. The fraction of sp³-hybridized carbons (Fsp3) is 0.941. The average molecular weight is 367 g/mol. The molecular formula is C17H34O6S. The monoisotopic (exact) mass is 366 g/mol. The van der Waals surface area contributed by atoms with Gasteiger partial charge in [-0.1, -0.05) is 58.8 Å². The highest BCUT2D eigenvalue weighted by atomic mass is 32.2. The summed E-state index contributed by atoms with van der Waals surface area (Å²) in [4.78, 5) is 11.5. The third kappa shape index (κ3) is 19.4. The summed E-state index contributed by atoms with van der Waals surface area (Å²) in [5.74, 6) is 0.104. The van der Waals surface area contributed by atoms with E-state index in [2.05, 4.69) is 13.8 Å².